The Bertz CT molecular complexity index is 508. The third-order valence-electron chi connectivity index (χ3n) is 3.05. The standard InChI is InChI=1S/C15H18N2O/c1-12-5-3-4-6-14(12)10-17(2)15-8-7-13(11-18)9-16-15/h3-9,18H,10-11H2,1-2H3. The molecule has 0 aliphatic carbocycles. The first-order valence-corrected chi connectivity index (χ1v) is 6.02. The number of rotatable bonds is 4. The Balaban J connectivity index is 2.11. The summed E-state index contributed by atoms with van der Waals surface area (Å²) in [7, 11) is 2.02. The number of aliphatic hydroxyl groups excluding tert-OH is 1. The van der Waals surface area contributed by atoms with Crippen LogP contribution in [0.5, 0.6) is 0 Å². The first-order valence-electron chi connectivity index (χ1n) is 6.02. The molecule has 0 fully saturated rings. The molecular formula is C15H18N2O. The molecule has 0 saturated heterocycles. The van der Waals surface area contributed by atoms with Crippen LogP contribution in [0, 0.1) is 6.92 Å². The van der Waals surface area contributed by atoms with E-state index in [1.165, 1.54) is 11.1 Å². The third-order valence-corrected chi connectivity index (χ3v) is 3.05. The molecule has 3 nitrogen and oxygen atoms in total. The van der Waals surface area contributed by atoms with Crippen molar-refractivity contribution in [1.29, 1.82) is 0 Å². The Kier molecular flexibility index (Phi) is 3.95. The fourth-order valence-corrected chi connectivity index (χ4v) is 1.86. The van der Waals surface area contributed by atoms with E-state index in [4.69, 9.17) is 5.11 Å². The highest BCUT2D eigenvalue weighted by atomic mass is 16.3. The number of aryl methyl sites for hydroxylation is 1. The maximum Gasteiger partial charge on any atom is 0.128 e. The molecule has 1 aromatic carbocycles. The Morgan fingerprint density at radius 2 is 1.94 bits per heavy atom. The topological polar surface area (TPSA) is 36.4 Å². The number of aliphatic hydroxyl groups is 1. The minimum atomic E-state index is 0.0365. The summed E-state index contributed by atoms with van der Waals surface area (Å²) < 4.78 is 0. The zero-order valence-electron chi connectivity index (χ0n) is 10.8. The van der Waals surface area contributed by atoms with Crippen LogP contribution in [0.15, 0.2) is 42.6 Å². The summed E-state index contributed by atoms with van der Waals surface area (Å²) in [5.41, 5.74) is 3.42. The normalized spacial score (nSPS) is 10.4. The van der Waals surface area contributed by atoms with Gasteiger partial charge >= 0.3 is 0 Å². The molecule has 0 atom stereocenters. The summed E-state index contributed by atoms with van der Waals surface area (Å²) in [6, 6.07) is 12.2. The molecule has 1 N–H and O–H groups in total. The highest BCUT2D eigenvalue weighted by molar-refractivity contribution is 5.40. The number of hydrogen-bond acceptors (Lipinski definition) is 3. The van der Waals surface area contributed by atoms with E-state index in [-0.39, 0.29) is 6.61 Å². The number of anilines is 1. The summed E-state index contributed by atoms with van der Waals surface area (Å²) in [6.07, 6.45) is 1.71. The number of benzene rings is 1. The lowest BCUT2D eigenvalue weighted by Gasteiger charge is -2.19. The third kappa shape index (κ3) is 2.87. The van der Waals surface area contributed by atoms with Gasteiger partial charge in [0.15, 0.2) is 0 Å². The molecule has 0 aliphatic rings. The quantitative estimate of drug-likeness (QED) is 0.895. The van der Waals surface area contributed by atoms with E-state index in [1.807, 2.05) is 25.2 Å². The first-order chi connectivity index (χ1) is 8.70. The molecule has 0 radical (unpaired) electrons. The number of pyridine rings is 1. The number of nitrogens with zero attached hydrogens (tertiary/aromatic N) is 2. The van der Waals surface area contributed by atoms with Gasteiger partial charge in [-0.2, -0.15) is 0 Å². The summed E-state index contributed by atoms with van der Waals surface area (Å²) >= 11 is 0. The highest BCUT2D eigenvalue weighted by Gasteiger charge is 2.05. The Morgan fingerprint density at radius 1 is 1.17 bits per heavy atom. The van der Waals surface area contributed by atoms with E-state index in [9.17, 15) is 0 Å². The van der Waals surface area contributed by atoms with E-state index < -0.39 is 0 Å². The smallest absolute Gasteiger partial charge is 0.128 e. The highest BCUT2D eigenvalue weighted by Crippen LogP contribution is 2.15. The lowest BCUT2D eigenvalue weighted by Crippen LogP contribution is -2.18. The van der Waals surface area contributed by atoms with Gasteiger partial charge in [-0.15, -0.1) is 0 Å². The fraction of sp³-hybridized carbons (Fsp3) is 0.267. The summed E-state index contributed by atoms with van der Waals surface area (Å²) in [6.45, 7) is 2.98. The average molecular weight is 242 g/mol. The minimum absolute atomic E-state index is 0.0365. The summed E-state index contributed by atoms with van der Waals surface area (Å²) in [5, 5.41) is 8.99. The van der Waals surface area contributed by atoms with Crippen molar-refractivity contribution in [1.82, 2.24) is 4.98 Å². The Labute approximate surface area is 108 Å². The zero-order chi connectivity index (χ0) is 13.0. The van der Waals surface area contributed by atoms with Crippen molar-refractivity contribution in [2.24, 2.45) is 0 Å². The molecule has 2 aromatic rings. The molecule has 2 rings (SSSR count). The monoisotopic (exact) mass is 242 g/mol. The molecule has 1 aromatic heterocycles. The molecule has 1 heterocycles. The zero-order valence-corrected chi connectivity index (χ0v) is 10.8. The summed E-state index contributed by atoms with van der Waals surface area (Å²) in [5.74, 6) is 0.912. The van der Waals surface area contributed by atoms with Gasteiger partial charge in [0.05, 0.1) is 6.61 Å². The van der Waals surface area contributed by atoms with Crippen molar-refractivity contribution in [2.75, 3.05) is 11.9 Å². The van der Waals surface area contributed by atoms with Crippen molar-refractivity contribution >= 4 is 5.82 Å². The largest absolute Gasteiger partial charge is 0.392 e. The second-order valence-electron chi connectivity index (χ2n) is 4.47. The maximum atomic E-state index is 8.99. The van der Waals surface area contributed by atoms with E-state index >= 15 is 0 Å². The molecule has 94 valence electrons. The molecule has 0 amide bonds. The van der Waals surface area contributed by atoms with Gasteiger partial charge < -0.3 is 10.0 Å². The lowest BCUT2D eigenvalue weighted by molar-refractivity contribution is 0.281. The van der Waals surface area contributed by atoms with Gasteiger partial charge in [0.2, 0.25) is 0 Å². The molecule has 0 unspecified atom stereocenters. The van der Waals surface area contributed by atoms with Crippen LogP contribution in [0.4, 0.5) is 5.82 Å². The second-order valence-corrected chi connectivity index (χ2v) is 4.47. The van der Waals surface area contributed by atoms with Crippen LogP contribution < -0.4 is 4.90 Å². The average Bonchev–Trinajstić information content (AvgIpc) is 2.41. The Morgan fingerprint density at radius 3 is 2.56 bits per heavy atom. The molecule has 18 heavy (non-hydrogen) atoms. The van der Waals surface area contributed by atoms with Crippen molar-refractivity contribution < 1.29 is 5.11 Å². The predicted molar refractivity (Wildman–Crippen MR) is 73.4 cm³/mol. The summed E-state index contributed by atoms with van der Waals surface area (Å²) in [4.78, 5) is 6.44. The van der Waals surface area contributed by atoms with Crippen LogP contribution in [-0.4, -0.2) is 17.1 Å². The lowest BCUT2D eigenvalue weighted by atomic mass is 10.1. The van der Waals surface area contributed by atoms with Crippen molar-refractivity contribution in [3.63, 3.8) is 0 Å². The molecule has 3 heteroatoms. The van der Waals surface area contributed by atoms with Gasteiger partial charge in [0.1, 0.15) is 5.82 Å². The van der Waals surface area contributed by atoms with Crippen LogP contribution in [0.3, 0.4) is 0 Å². The first kappa shape index (κ1) is 12.6. The number of hydrogen-bond donors (Lipinski definition) is 1. The minimum Gasteiger partial charge on any atom is -0.392 e. The predicted octanol–water partition coefficient (Wildman–Crippen LogP) is 2.52. The van der Waals surface area contributed by atoms with Crippen LogP contribution in [0.2, 0.25) is 0 Å². The fourth-order valence-electron chi connectivity index (χ4n) is 1.86. The van der Waals surface area contributed by atoms with E-state index in [0.717, 1.165) is 17.9 Å². The van der Waals surface area contributed by atoms with Crippen molar-refractivity contribution in [3.8, 4) is 0 Å². The molecule has 0 aliphatic heterocycles. The van der Waals surface area contributed by atoms with Crippen LogP contribution in [0.1, 0.15) is 16.7 Å². The molecule has 0 bridgehead atoms. The molecule has 0 spiro atoms. The van der Waals surface area contributed by atoms with Gasteiger partial charge in [-0.1, -0.05) is 30.3 Å². The van der Waals surface area contributed by atoms with Gasteiger partial charge in [-0.3, -0.25) is 0 Å². The van der Waals surface area contributed by atoms with E-state index in [0.29, 0.717) is 0 Å². The number of aromatic nitrogens is 1. The maximum absolute atomic E-state index is 8.99. The van der Waals surface area contributed by atoms with Gasteiger partial charge in [0.25, 0.3) is 0 Å². The SMILES string of the molecule is Cc1ccccc1CN(C)c1ccc(CO)cn1. The van der Waals surface area contributed by atoms with Gasteiger partial charge in [-0.25, -0.2) is 4.98 Å². The van der Waals surface area contributed by atoms with Crippen LogP contribution in [-0.2, 0) is 13.2 Å². The van der Waals surface area contributed by atoms with E-state index in [2.05, 4.69) is 35.0 Å². The second kappa shape index (κ2) is 5.65. The van der Waals surface area contributed by atoms with Crippen LogP contribution >= 0.6 is 0 Å². The van der Waals surface area contributed by atoms with Gasteiger partial charge in [-0.05, 0) is 29.7 Å². The van der Waals surface area contributed by atoms with Crippen molar-refractivity contribution in [3.05, 3.63) is 59.3 Å². The van der Waals surface area contributed by atoms with Crippen molar-refractivity contribution in [2.45, 2.75) is 20.1 Å². The molecule has 0 saturated carbocycles. The molecular weight excluding hydrogens is 224 g/mol. The Hall–Kier alpha value is -1.87. The van der Waals surface area contributed by atoms with E-state index in [1.54, 1.807) is 6.20 Å². The van der Waals surface area contributed by atoms with Crippen LogP contribution in [0.25, 0.3) is 0 Å². The van der Waals surface area contributed by atoms with Gasteiger partial charge in [0, 0.05) is 19.8 Å².